The van der Waals surface area contributed by atoms with Crippen LogP contribution in [0.3, 0.4) is 0 Å². The number of hydrogen-bond donors (Lipinski definition) is 1. The summed E-state index contributed by atoms with van der Waals surface area (Å²) in [5, 5.41) is 3.43. The van der Waals surface area contributed by atoms with Crippen LogP contribution in [0.15, 0.2) is 41.3 Å². The first kappa shape index (κ1) is 25.2. The minimum atomic E-state index is -0.500. The zero-order valence-corrected chi connectivity index (χ0v) is 20.9. The summed E-state index contributed by atoms with van der Waals surface area (Å²) in [5.41, 5.74) is 1.16. The highest BCUT2D eigenvalue weighted by Gasteiger charge is 2.20. The number of nitrogens with zero attached hydrogens (tertiary/aromatic N) is 2. The maximum atomic E-state index is 15.1. The van der Waals surface area contributed by atoms with E-state index in [1.165, 1.54) is 33.5 Å². The second-order valence-electron chi connectivity index (χ2n) is 8.37. The molecule has 0 saturated carbocycles. The number of benzene rings is 2. The first-order valence-electron chi connectivity index (χ1n) is 11.8. The average Bonchev–Trinajstić information content (AvgIpc) is 2.91. The number of methoxy groups -OCH3 is 3. The SMILES string of the molecule is CCn1cc(C(=O)C=Cc2cc(OC)c(OC)c(OC)c2)c(=O)c2cc(F)c(N3CCNCC3)cc21. The molecule has 1 N–H and O–H groups in total. The van der Waals surface area contributed by atoms with Crippen LogP contribution in [0.1, 0.15) is 22.8 Å². The first-order valence-corrected chi connectivity index (χ1v) is 11.8. The Morgan fingerprint density at radius 3 is 2.31 bits per heavy atom. The molecule has 1 aromatic heterocycles. The fourth-order valence-electron chi connectivity index (χ4n) is 4.44. The van der Waals surface area contributed by atoms with Gasteiger partial charge >= 0.3 is 0 Å². The van der Waals surface area contributed by atoms with Crippen molar-refractivity contribution in [1.29, 1.82) is 0 Å². The van der Waals surface area contributed by atoms with E-state index in [1.807, 2.05) is 16.4 Å². The van der Waals surface area contributed by atoms with Crippen LogP contribution in [-0.2, 0) is 6.54 Å². The van der Waals surface area contributed by atoms with Crippen molar-refractivity contribution >= 4 is 28.4 Å². The van der Waals surface area contributed by atoms with Crippen LogP contribution in [0.2, 0.25) is 0 Å². The molecule has 1 aliphatic rings. The number of piperazine rings is 1. The maximum absolute atomic E-state index is 15.1. The Labute approximate surface area is 208 Å². The minimum Gasteiger partial charge on any atom is -0.493 e. The van der Waals surface area contributed by atoms with Crippen LogP contribution < -0.4 is 29.9 Å². The van der Waals surface area contributed by atoms with Crippen molar-refractivity contribution in [2.24, 2.45) is 0 Å². The van der Waals surface area contributed by atoms with Crippen LogP contribution in [0.25, 0.3) is 17.0 Å². The van der Waals surface area contributed by atoms with E-state index in [4.69, 9.17) is 14.2 Å². The van der Waals surface area contributed by atoms with Crippen molar-refractivity contribution in [3.05, 3.63) is 63.7 Å². The number of aryl methyl sites for hydroxylation is 1. The number of anilines is 1. The number of ether oxygens (including phenoxy) is 3. The molecule has 190 valence electrons. The molecular weight excluding hydrogens is 465 g/mol. The lowest BCUT2D eigenvalue weighted by atomic mass is 10.1. The van der Waals surface area contributed by atoms with Gasteiger partial charge in [0.05, 0.1) is 38.1 Å². The third-order valence-electron chi connectivity index (χ3n) is 6.33. The number of halogens is 1. The molecule has 0 aliphatic carbocycles. The Morgan fingerprint density at radius 1 is 1.06 bits per heavy atom. The van der Waals surface area contributed by atoms with Gasteiger partial charge in [-0.05, 0) is 42.8 Å². The molecule has 9 heteroatoms. The Bertz CT molecular complexity index is 1350. The van der Waals surface area contributed by atoms with Gasteiger partial charge in [0, 0.05) is 44.3 Å². The molecule has 1 aliphatic heterocycles. The number of allylic oxidation sites excluding steroid dienone is 1. The van der Waals surface area contributed by atoms with Gasteiger partial charge < -0.3 is 29.0 Å². The number of aromatic nitrogens is 1. The Kier molecular flexibility index (Phi) is 7.59. The maximum Gasteiger partial charge on any atom is 0.203 e. The van der Waals surface area contributed by atoms with Crippen molar-refractivity contribution in [2.75, 3.05) is 52.4 Å². The number of pyridine rings is 1. The number of nitrogens with one attached hydrogen (secondary N) is 1. The monoisotopic (exact) mass is 495 g/mol. The van der Waals surface area contributed by atoms with Crippen molar-refractivity contribution in [2.45, 2.75) is 13.5 Å². The Balaban J connectivity index is 1.73. The average molecular weight is 496 g/mol. The molecule has 0 unspecified atom stereocenters. The molecule has 3 aromatic rings. The predicted molar refractivity (Wildman–Crippen MR) is 138 cm³/mol. The second-order valence-corrected chi connectivity index (χ2v) is 8.37. The normalized spacial score (nSPS) is 13.9. The number of hydrogen-bond acceptors (Lipinski definition) is 7. The minimum absolute atomic E-state index is 0.0256. The fraction of sp³-hybridized carbons (Fsp3) is 0.333. The third kappa shape index (κ3) is 4.79. The van der Waals surface area contributed by atoms with E-state index in [1.54, 1.807) is 30.5 Å². The van der Waals surface area contributed by atoms with Crippen LogP contribution >= 0.6 is 0 Å². The summed E-state index contributed by atoms with van der Waals surface area (Å²) in [4.78, 5) is 28.3. The number of rotatable bonds is 8. The van der Waals surface area contributed by atoms with E-state index < -0.39 is 17.0 Å². The lowest BCUT2D eigenvalue weighted by molar-refractivity contribution is 0.104. The van der Waals surface area contributed by atoms with E-state index in [0.717, 1.165) is 13.1 Å². The Morgan fingerprint density at radius 2 is 1.72 bits per heavy atom. The summed E-state index contributed by atoms with van der Waals surface area (Å²) < 4.78 is 32.9. The van der Waals surface area contributed by atoms with Gasteiger partial charge in [0.1, 0.15) is 5.82 Å². The third-order valence-corrected chi connectivity index (χ3v) is 6.33. The largest absolute Gasteiger partial charge is 0.493 e. The van der Waals surface area contributed by atoms with Crippen LogP contribution in [0.4, 0.5) is 10.1 Å². The van der Waals surface area contributed by atoms with Crippen molar-refractivity contribution < 1.29 is 23.4 Å². The lowest BCUT2D eigenvalue weighted by Crippen LogP contribution is -2.43. The van der Waals surface area contributed by atoms with Crippen LogP contribution in [0, 0.1) is 5.82 Å². The smallest absolute Gasteiger partial charge is 0.203 e. The van der Waals surface area contributed by atoms with Gasteiger partial charge in [0.2, 0.25) is 11.2 Å². The van der Waals surface area contributed by atoms with Crippen LogP contribution in [-0.4, -0.2) is 57.9 Å². The van der Waals surface area contributed by atoms with Gasteiger partial charge in [-0.1, -0.05) is 6.08 Å². The van der Waals surface area contributed by atoms with Crippen molar-refractivity contribution in [1.82, 2.24) is 9.88 Å². The highest BCUT2D eigenvalue weighted by Crippen LogP contribution is 2.38. The van der Waals surface area contributed by atoms with E-state index in [9.17, 15) is 9.59 Å². The summed E-state index contributed by atoms with van der Waals surface area (Å²) in [6.45, 7) is 5.33. The predicted octanol–water partition coefficient (Wildman–Crippen LogP) is 3.49. The van der Waals surface area contributed by atoms with E-state index in [-0.39, 0.29) is 10.9 Å². The summed E-state index contributed by atoms with van der Waals surface area (Å²) in [7, 11) is 4.52. The number of carbonyl (C=O) groups is 1. The van der Waals surface area contributed by atoms with Crippen molar-refractivity contribution in [3.63, 3.8) is 0 Å². The van der Waals surface area contributed by atoms with Crippen molar-refractivity contribution in [3.8, 4) is 17.2 Å². The van der Waals surface area contributed by atoms with Gasteiger partial charge in [0.15, 0.2) is 17.3 Å². The highest BCUT2D eigenvalue weighted by molar-refractivity contribution is 6.08. The summed E-state index contributed by atoms with van der Waals surface area (Å²) in [6.07, 6.45) is 4.43. The number of carbonyl (C=O) groups excluding carboxylic acids is 1. The molecule has 36 heavy (non-hydrogen) atoms. The first-order chi connectivity index (χ1) is 17.4. The van der Waals surface area contributed by atoms with Gasteiger partial charge in [-0.25, -0.2) is 4.39 Å². The molecule has 0 radical (unpaired) electrons. The highest BCUT2D eigenvalue weighted by atomic mass is 19.1. The van der Waals surface area contributed by atoms with Gasteiger partial charge in [-0.2, -0.15) is 0 Å². The summed E-state index contributed by atoms with van der Waals surface area (Å²) in [5.74, 6) is 0.370. The zero-order chi connectivity index (χ0) is 25.8. The standard InChI is InChI=1S/C27H30FN3O5/c1-5-30-16-19(23(32)7-6-17-12-24(34-2)27(36-4)25(13-17)35-3)26(33)18-14-20(28)22(15-21(18)30)31-10-8-29-9-11-31/h6-7,12-16,29H,5,8-11H2,1-4H3. The molecule has 2 aromatic carbocycles. The molecule has 4 rings (SSSR count). The molecule has 0 atom stereocenters. The zero-order valence-electron chi connectivity index (χ0n) is 20.9. The summed E-state index contributed by atoms with van der Waals surface area (Å²) in [6, 6.07) is 6.35. The van der Waals surface area contributed by atoms with E-state index in [0.29, 0.717) is 53.7 Å². The van der Waals surface area contributed by atoms with Crippen LogP contribution in [0.5, 0.6) is 17.2 Å². The fourth-order valence-corrected chi connectivity index (χ4v) is 4.44. The second kappa shape index (κ2) is 10.8. The molecule has 1 fully saturated rings. The molecule has 0 spiro atoms. The topological polar surface area (TPSA) is 82.0 Å². The molecule has 0 amide bonds. The number of fused-ring (bicyclic) bond motifs is 1. The van der Waals surface area contributed by atoms with Gasteiger partial charge in [-0.15, -0.1) is 0 Å². The molecule has 8 nitrogen and oxygen atoms in total. The Hall–Kier alpha value is -3.85. The molecule has 0 bridgehead atoms. The van der Waals surface area contributed by atoms with E-state index in [2.05, 4.69) is 5.32 Å². The lowest BCUT2D eigenvalue weighted by Gasteiger charge is -2.30. The quantitative estimate of drug-likeness (QED) is 0.378. The van der Waals surface area contributed by atoms with Gasteiger partial charge in [0.25, 0.3) is 0 Å². The van der Waals surface area contributed by atoms with Gasteiger partial charge in [-0.3, -0.25) is 9.59 Å². The van der Waals surface area contributed by atoms with E-state index >= 15 is 4.39 Å². The molecule has 2 heterocycles. The molecular formula is C27H30FN3O5. The number of ketones is 1. The summed E-state index contributed by atoms with van der Waals surface area (Å²) >= 11 is 0. The molecule has 1 saturated heterocycles.